The predicted octanol–water partition coefficient (Wildman–Crippen LogP) is 2.57. The molecule has 0 aliphatic carbocycles. The number of aliphatic hydroxyl groups excluding tert-OH is 1. The van der Waals surface area contributed by atoms with Crippen LogP contribution in [0.3, 0.4) is 0 Å². The molecule has 2 aromatic carbocycles. The minimum absolute atomic E-state index is 0.0296. The molecule has 0 bridgehead atoms. The van der Waals surface area contributed by atoms with E-state index < -0.39 is 16.2 Å². The largest absolute Gasteiger partial charge is 0.744 e. The first-order chi connectivity index (χ1) is 15.5. The van der Waals surface area contributed by atoms with Crippen molar-refractivity contribution in [2.24, 2.45) is 0 Å². The van der Waals surface area contributed by atoms with Gasteiger partial charge in [-0.2, -0.15) is 0 Å². The van der Waals surface area contributed by atoms with Crippen molar-refractivity contribution in [3.05, 3.63) is 54.1 Å². The van der Waals surface area contributed by atoms with E-state index in [0.29, 0.717) is 18.8 Å². The zero-order valence-electron chi connectivity index (χ0n) is 19.4. The van der Waals surface area contributed by atoms with Crippen LogP contribution in [0.1, 0.15) is 18.9 Å². The van der Waals surface area contributed by atoms with Crippen molar-refractivity contribution in [2.75, 3.05) is 43.4 Å². The van der Waals surface area contributed by atoms with Gasteiger partial charge < -0.3 is 24.4 Å². The third-order valence-electron chi connectivity index (χ3n) is 4.14. The summed E-state index contributed by atoms with van der Waals surface area (Å²) >= 11 is 0. The molecule has 2 rings (SSSR count). The summed E-state index contributed by atoms with van der Waals surface area (Å²) in [5, 5.41) is 12.5. The summed E-state index contributed by atoms with van der Waals surface area (Å²) in [4.78, 5) is 11.6. The Hall–Kier alpha value is -2.11. The molecule has 0 radical (unpaired) electrons. The van der Waals surface area contributed by atoms with Crippen LogP contribution in [0.25, 0.3) is 0 Å². The lowest BCUT2D eigenvalue weighted by Crippen LogP contribution is -2.23. The molecule has 0 fully saturated rings. The molecule has 1 atom stereocenters. The van der Waals surface area contributed by atoms with Gasteiger partial charge in [0.1, 0.15) is 34.3 Å². The molecule has 0 aliphatic heterocycles. The van der Waals surface area contributed by atoms with Gasteiger partial charge in [-0.15, -0.1) is 0 Å². The lowest BCUT2D eigenvalue weighted by molar-refractivity contribution is -0.115. The van der Waals surface area contributed by atoms with E-state index in [0.717, 1.165) is 17.0 Å². The molecule has 0 aromatic heterocycles. The zero-order chi connectivity index (χ0) is 24.9. The lowest BCUT2D eigenvalue weighted by atomic mass is 10.2. The zero-order valence-corrected chi connectivity index (χ0v) is 21.1. The first kappa shape index (κ1) is 28.9. The van der Waals surface area contributed by atoms with Gasteiger partial charge in [-0.05, 0) is 61.1 Å². The summed E-state index contributed by atoms with van der Waals surface area (Å²) in [6.07, 6.45) is 4.15. The molecule has 1 amide bonds. The first-order valence-electron chi connectivity index (χ1n) is 10.4. The monoisotopic (exact) mass is 499 g/mol. The van der Waals surface area contributed by atoms with E-state index in [4.69, 9.17) is 9.47 Å². The molecule has 10 heteroatoms. The molecule has 2 aromatic rings. The molecule has 0 saturated heterocycles. The summed E-state index contributed by atoms with van der Waals surface area (Å²) in [5.74, 6) is 1.59. The number of aryl methyl sites for hydroxylation is 1. The van der Waals surface area contributed by atoms with Crippen LogP contribution in [0.5, 0.6) is 5.75 Å². The molecular weight excluding hydrogens is 466 g/mol. The molecule has 0 saturated carbocycles. The fraction of sp³-hybridized carbons (Fsp3) is 0.435. The lowest BCUT2D eigenvalue weighted by Gasteiger charge is -2.12. The topological polar surface area (TPSA) is 125 Å². The second-order valence-electron chi connectivity index (χ2n) is 7.40. The van der Waals surface area contributed by atoms with Crippen molar-refractivity contribution in [1.82, 2.24) is 0 Å². The third-order valence-corrected chi connectivity index (χ3v) is 6.01. The Bertz CT molecular complexity index is 930. The second kappa shape index (κ2) is 14.9. The van der Waals surface area contributed by atoms with Gasteiger partial charge in [0.15, 0.2) is 0 Å². The Kier molecular flexibility index (Phi) is 13.1. The van der Waals surface area contributed by atoms with E-state index in [1.165, 1.54) is 12.1 Å². The number of benzene rings is 2. The molecule has 0 heterocycles. The van der Waals surface area contributed by atoms with Crippen LogP contribution >= 0.6 is 0 Å². The Morgan fingerprint density at radius 3 is 2.21 bits per heavy atom. The van der Waals surface area contributed by atoms with Gasteiger partial charge in [-0.3, -0.25) is 4.79 Å². The molecule has 8 nitrogen and oxygen atoms in total. The predicted molar refractivity (Wildman–Crippen MR) is 131 cm³/mol. The smallest absolute Gasteiger partial charge is 0.229 e. The number of anilines is 1. The molecule has 0 aliphatic rings. The van der Waals surface area contributed by atoms with Crippen LogP contribution < -0.4 is 10.1 Å². The van der Waals surface area contributed by atoms with Gasteiger partial charge in [0, 0.05) is 12.3 Å². The third kappa shape index (κ3) is 13.2. The van der Waals surface area contributed by atoms with E-state index in [9.17, 15) is 22.9 Å². The van der Waals surface area contributed by atoms with E-state index in [1.54, 1.807) is 36.4 Å². The van der Waals surface area contributed by atoms with E-state index >= 15 is 0 Å². The average molecular weight is 500 g/mol. The second-order valence-corrected chi connectivity index (χ2v) is 11.2. The molecule has 0 spiro atoms. The normalized spacial score (nSPS) is 12.0. The maximum Gasteiger partial charge on any atom is 0.229 e. The van der Waals surface area contributed by atoms with Gasteiger partial charge in [-0.25, -0.2) is 8.42 Å². The van der Waals surface area contributed by atoms with Crippen molar-refractivity contribution >= 4 is 32.6 Å². The fourth-order valence-corrected chi connectivity index (χ4v) is 3.42. The van der Waals surface area contributed by atoms with E-state index in [1.807, 2.05) is 13.8 Å². The summed E-state index contributed by atoms with van der Waals surface area (Å²) in [6, 6.07) is 12.9. The SMILES string of the molecule is CCOC[C@H](O)COc1ccc(NC(=O)CC[S+](C)C)cc1.Cc1ccc(S(=O)(=O)[O-])cc1. The van der Waals surface area contributed by atoms with Crippen LogP contribution in [-0.2, 0) is 30.5 Å². The Balaban J connectivity index is 0.000000412. The van der Waals surface area contributed by atoms with Gasteiger partial charge in [0.05, 0.1) is 30.4 Å². The van der Waals surface area contributed by atoms with Crippen molar-refractivity contribution < 1.29 is 32.3 Å². The number of carbonyl (C=O) groups excluding carboxylic acids is 1. The van der Waals surface area contributed by atoms with Crippen LogP contribution in [-0.4, -0.2) is 68.2 Å². The van der Waals surface area contributed by atoms with Gasteiger partial charge in [0.25, 0.3) is 0 Å². The summed E-state index contributed by atoms with van der Waals surface area (Å²) in [6.45, 7) is 4.72. The molecular formula is C23H33NO7S2. The standard InChI is InChI=1S/C16H25NO4S.C7H8O3S/c1-4-20-11-14(18)12-21-15-7-5-13(6-8-15)17-16(19)9-10-22(2)3;1-6-2-4-7(5-3-6)11(8,9)10/h5-8,14,18H,4,9-12H2,1-3H3;2-5H,1H3,(H,8,9,10)/t14-;/m0./s1. The van der Waals surface area contributed by atoms with Gasteiger partial charge in [0.2, 0.25) is 5.91 Å². The highest BCUT2D eigenvalue weighted by atomic mass is 32.2. The fourth-order valence-electron chi connectivity index (χ4n) is 2.35. The van der Waals surface area contributed by atoms with Crippen molar-refractivity contribution in [3.8, 4) is 5.75 Å². The summed E-state index contributed by atoms with van der Waals surface area (Å²) in [5.41, 5.74) is 1.68. The maximum atomic E-state index is 11.7. The van der Waals surface area contributed by atoms with E-state index in [-0.39, 0.29) is 34.9 Å². The highest BCUT2D eigenvalue weighted by Crippen LogP contribution is 2.16. The number of hydrogen-bond acceptors (Lipinski definition) is 7. The minimum atomic E-state index is -4.27. The Labute approximate surface area is 199 Å². The number of ether oxygens (including phenoxy) is 2. The average Bonchev–Trinajstić information content (AvgIpc) is 2.76. The highest BCUT2D eigenvalue weighted by molar-refractivity contribution is 7.95. The number of amides is 1. The van der Waals surface area contributed by atoms with Gasteiger partial charge >= 0.3 is 0 Å². The van der Waals surface area contributed by atoms with Crippen molar-refractivity contribution in [2.45, 2.75) is 31.3 Å². The summed E-state index contributed by atoms with van der Waals surface area (Å²) < 4.78 is 41.7. The molecule has 184 valence electrons. The highest BCUT2D eigenvalue weighted by Gasteiger charge is 2.09. The van der Waals surface area contributed by atoms with Gasteiger partial charge in [-0.1, -0.05) is 17.7 Å². The first-order valence-corrected chi connectivity index (χ1v) is 14.0. The van der Waals surface area contributed by atoms with Crippen LogP contribution in [0.4, 0.5) is 5.69 Å². The quantitative estimate of drug-likeness (QED) is 0.360. The number of aliphatic hydroxyl groups is 1. The van der Waals surface area contributed by atoms with E-state index in [2.05, 4.69) is 17.8 Å². The maximum absolute atomic E-state index is 11.7. The Morgan fingerprint density at radius 1 is 1.09 bits per heavy atom. The molecule has 2 N–H and O–H groups in total. The number of nitrogens with one attached hydrogen (secondary N) is 1. The molecule has 0 unspecified atom stereocenters. The van der Waals surface area contributed by atoms with Crippen LogP contribution in [0.15, 0.2) is 53.4 Å². The van der Waals surface area contributed by atoms with Crippen molar-refractivity contribution in [3.63, 3.8) is 0 Å². The number of carbonyl (C=O) groups is 1. The van der Waals surface area contributed by atoms with Crippen LogP contribution in [0, 0.1) is 6.92 Å². The minimum Gasteiger partial charge on any atom is -0.744 e. The number of hydrogen-bond donors (Lipinski definition) is 2. The Morgan fingerprint density at radius 2 is 1.70 bits per heavy atom. The summed E-state index contributed by atoms with van der Waals surface area (Å²) in [7, 11) is -3.99. The number of rotatable bonds is 11. The van der Waals surface area contributed by atoms with Crippen LogP contribution in [0.2, 0.25) is 0 Å². The van der Waals surface area contributed by atoms with Crippen molar-refractivity contribution in [1.29, 1.82) is 0 Å². The molecule has 33 heavy (non-hydrogen) atoms.